The summed E-state index contributed by atoms with van der Waals surface area (Å²) in [5.41, 5.74) is 2.59. The van der Waals surface area contributed by atoms with Crippen molar-refractivity contribution in [1.82, 2.24) is 14.8 Å². The molecule has 0 bridgehead atoms. The van der Waals surface area contributed by atoms with E-state index >= 15 is 0 Å². The minimum atomic E-state index is -0.337. The number of hydrogen-bond acceptors (Lipinski definition) is 6. The van der Waals surface area contributed by atoms with Gasteiger partial charge in [0.2, 0.25) is 11.8 Å². The average Bonchev–Trinajstić information content (AvgIpc) is 2.90. The molecule has 1 N–H and O–H groups in total. The van der Waals surface area contributed by atoms with Gasteiger partial charge in [0.05, 0.1) is 19.2 Å². The van der Waals surface area contributed by atoms with E-state index in [-0.39, 0.29) is 42.4 Å². The molecule has 1 saturated heterocycles. The molecule has 1 fully saturated rings. The Hall–Kier alpha value is -2.45. The van der Waals surface area contributed by atoms with Crippen LogP contribution in [0.3, 0.4) is 0 Å². The number of pyridine rings is 1. The summed E-state index contributed by atoms with van der Waals surface area (Å²) in [5, 5.41) is 9.88. The maximum absolute atomic E-state index is 13.6. The molecule has 0 saturated carbocycles. The zero-order valence-corrected chi connectivity index (χ0v) is 21.2. The van der Waals surface area contributed by atoms with Gasteiger partial charge in [0.15, 0.2) is 0 Å². The van der Waals surface area contributed by atoms with Gasteiger partial charge in [-0.05, 0) is 62.7 Å². The molecule has 2 aliphatic heterocycles. The van der Waals surface area contributed by atoms with Crippen LogP contribution in [0, 0.1) is 11.8 Å². The Morgan fingerprint density at radius 3 is 2.77 bits per heavy atom. The molecule has 3 aliphatic rings. The number of fused-ring (bicyclic) bond motifs is 1. The van der Waals surface area contributed by atoms with Gasteiger partial charge in [0.1, 0.15) is 11.7 Å². The number of nitrogens with zero attached hydrogens (tertiary/aromatic N) is 3. The lowest BCUT2D eigenvalue weighted by atomic mass is 9.93. The normalized spacial score (nSPS) is 24.5. The molecule has 3 atom stereocenters. The average molecular weight is 486 g/mol. The monoisotopic (exact) mass is 485 g/mol. The highest BCUT2D eigenvalue weighted by Crippen LogP contribution is 2.32. The molecule has 0 unspecified atom stereocenters. The van der Waals surface area contributed by atoms with Crippen molar-refractivity contribution in [2.45, 2.75) is 64.5 Å². The molecular formula is C27H39N3O5. The van der Waals surface area contributed by atoms with Crippen LogP contribution in [0.25, 0.3) is 5.57 Å². The summed E-state index contributed by atoms with van der Waals surface area (Å²) in [6, 6.07) is 1.55. The second kappa shape index (κ2) is 11.5. The number of likely N-dealkylation sites (N-methyl/N-ethyl adjacent to an activating group) is 1. The van der Waals surface area contributed by atoms with Crippen LogP contribution in [0.5, 0.6) is 5.88 Å². The van der Waals surface area contributed by atoms with E-state index in [2.05, 4.69) is 11.1 Å². The Kier molecular flexibility index (Phi) is 8.44. The fourth-order valence-electron chi connectivity index (χ4n) is 5.21. The zero-order valence-electron chi connectivity index (χ0n) is 21.2. The molecule has 8 heteroatoms. The number of rotatable bonds is 6. The van der Waals surface area contributed by atoms with Gasteiger partial charge < -0.3 is 24.4 Å². The van der Waals surface area contributed by atoms with Gasteiger partial charge in [-0.2, -0.15) is 0 Å². The van der Waals surface area contributed by atoms with Gasteiger partial charge in [-0.25, -0.2) is 4.98 Å². The van der Waals surface area contributed by atoms with Crippen LogP contribution in [-0.2, 0) is 9.53 Å². The van der Waals surface area contributed by atoms with Crippen molar-refractivity contribution >= 4 is 17.4 Å². The molecule has 3 heterocycles. The second-order valence-corrected chi connectivity index (χ2v) is 10.3. The molecule has 8 nitrogen and oxygen atoms in total. The predicted octanol–water partition coefficient (Wildman–Crippen LogP) is 3.14. The van der Waals surface area contributed by atoms with Crippen molar-refractivity contribution in [1.29, 1.82) is 0 Å². The molecule has 0 aromatic carbocycles. The first kappa shape index (κ1) is 25.6. The summed E-state index contributed by atoms with van der Waals surface area (Å²) in [6.07, 6.45) is 9.51. The maximum atomic E-state index is 13.6. The number of allylic oxidation sites excluding steroid dienone is 2. The molecule has 1 aromatic rings. The first-order valence-electron chi connectivity index (χ1n) is 13.0. The Morgan fingerprint density at radius 1 is 1.31 bits per heavy atom. The van der Waals surface area contributed by atoms with E-state index in [9.17, 15) is 14.7 Å². The quantitative estimate of drug-likeness (QED) is 0.666. The molecule has 0 spiro atoms. The minimum absolute atomic E-state index is 0.0261. The van der Waals surface area contributed by atoms with Crippen LogP contribution >= 0.6 is 0 Å². The molecular weight excluding hydrogens is 446 g/mol. The summed E-state index contributed by atoms with van der Waals surface area (Å²) in [7, 11) is 1.82. The number of hydrogen-bond donors (Lipinski definition) is 1. The van der Waals surface area contributed by atoms with Gasteiger partial charge in [0, 0.05) is 44.8 Å². The highest BCUT2D eigenvalue weighted by molar-refractivity contribution is 5.97. The fraction of sp³-hybridized carbons (Fsp3) is 0.667. The van der Waals surface area contributed by atoms with Gasteiger partial charge in [-0.3, -0.25) is 9.59 Å². The summed E-state index contributed by atoms with van der Waals surface area (Å²) in [6.45, 7) is 5.81. The fourth-order valence-corrected chi connectivity index (χ4v) is 5.21. The van der Waals surface area contributed by atoms with Gasteiger partial charge >= 0.3 is 0 Å². The first-order valence-corrected chi connectivity index (χ1v) is 13.0. The van der Waals surface area contributed by atoms with Crippen molar-refractivity contribution in [2.75, 3.05) is 40.0 Å². The Morgan fingerprint density at radius 2 is 2.09 bits per heavy atom. The Bertz CT molecular complexity index is 943. The minimum Gasteiger partial charge on any atom is -0.472 e. The number of amides is 2. The summed E-state index contributed by atoms with van der Waals surface area (Å²) in [5.74, 6) is 0.143. The molecule has 192 valence electrons. The number of carbonyl (C=O) groups is 2. The standard InChI is InChI=1S/C27H39N3O5/c1-18-15-30(19(2)17-31)27(33)23-13-22(20-7-5-4-6-8-20)14-28-25(23)35-24(18)16-29(3)26(32)21-9-11-34-12-10-21/h7,13-14,18-19,21,24,31H,4-6,8-12,15-17H2,1-3H3/t18-,19+,24+/m0/s1. The van der Waals surface area contributed by atoms with E-state index in [1.54, 1.807) is 16.0 Å². The van der Waals surface area contributed by atoms with E-state index in [0.29, 0.717) is 37.7 Å². The Labute approximate surface area is 208 Å². The Balaban J connectivity index is 1.62. The molecule has 1 aliphatic carbocycles. The van der Waals surface area contributed by atoms with Crippen molar-refractivity contribution in [3.8, 4) is 5.88 Å². The molecule has 2 amide bonds. The zero-order chi connectivity index (χ0) is 24.9. The van der Waals surface area contributed by atoms with Crippen LogP contribution in [0.4, 0.5) is 0 Å². The van der Waals surface area contributed by atoms with Crippen molar-refractivity contribution in [3.05, 3.63) is 29.5 Å². The number of carbonyl (C=O) groups excluding carboxylic acids is 2. The number of ether oxygens (including phenoxy) is 2. The summed E-state index contributed by atoms with van der Waals surface area (Å²) < 4.78 is 11.8. The van der Waals surface area contributed by atoms with Gasteiger partial charge in [-0.15, -0.1) is 0 Å². The van der Waals surface area contributed by atoms with Gasteiger partial charge in [0.25, 0.3) is 5.91 Å². The van der Waals surface area contributed by atoms with Crippen molar-refractivity contribution in [3.63, 3.8) is 0 Å². The van der Waals surface area contributed by atoms with Crippen LogP contribution < -0.4 is 4.74 Å². The number of aromatic nitrogens is 1. The van der Waals surface area contributed by atoms with Gasteiger partial charge in [-0.1, -0.05) is 13.0 Å². The third-order valence-electron chi connectivity index (χ3n) is 7.58. The molecule has 35 heavy (non-hydrogen) atoms. The number of aliphatic hydroxyl groups excluding tert-OH is 1. The van der Waals surface area contributed by atoms with Crippen LogP contribution in [0.1, 0.15) is 68.3 Å². The van der Waals surface area contributed by atoms with Crippen molar-refractivity contribution < 1.29 is 24.2 Å². The molecule has 1 aromatic heterocycles. The van der Waals surface area contributed by atoms with E-state index in [1.807, 2.05) is 27.0 Å². The lowest BCUT2D eigenvalue weighted by Gasteiger charge is -2.38. The smallest absolute Gasteiger partial charge is 0.259 e. The first-order chi connectivity index (χ1) is 16.9. The largest absolute Gasteiger partial charge is 0.472 e. The summed E-state index contributed by atoms with van der Waals surface area (Å²) in [4.78, 5) is 34.8. The third kappa shape index (κ3) is 5.86. The highest BCUT2D eigenvalue weighted by Gasteiger charge is 2.35. The number of aliphatic hydroxyl groups is 1. The van der Waals surface area contributed by atoms with Crippen LogP contribution in [-0.4, -0.2) is 83.8 Å². The van der Waals surface area contributed by atoms with E-state index in [4.69, 9.17) is 9.47 Å². The van der Waals surface area contributed by atoms with E-state index < -0.39 is 0 Å². The van der Waals surface area contributed by atoms with Crippen LogP contribution in [0.2, 0.25) is 0 Å². The molecule has 0 radical (unpaired) electrons. The maximum Gasteiger partial charge on any atom is 0.259 e. The van der Waals surface area contributed by atoms with Crippen LogP contribution in [0.15, 0.2) is 18.3 Å². The third-order valence-corrected chi connectivity index (χ3v) is 7.58. The molecule has 4 rings (SSSR count). The SMILES string of the molecule is C[C@H](CO)N1C[C@H](C)[C@@H](CN(C)C(=O)C2CCOCC2)Oc2ncc(C3=CCCCC3)cc2C1=O. The second-order valence-electron chi connectivity index (χ2n) is 10.3. The topological polar surface area (TPSA) is 92.2 Å². The van der Waals surface area contributed by atoms with E-state index in [1.165, 1.54) is 12.0 Å². The van der Waals surface area contributed by atoms with Crippen molar-refractivity contribution in [2.24, 2.45) is 11.8 Å². The lowest BCUT2D eigenvalue weighted by molar-refractivity contribution is -0.138. The highest BCUT2D eigenvalue weighted by atomic mass is 16.5. The lowest BCUT2D eigenvalue weighted by Crippen LogP contribution is -2.51. The predicted molar refractivity (Wildman–Crippen MR) is 133 cm³/mol. The summed E-state index contributed by atoms with van der Waals surface area (Å²) >= 11 is 0. The van der Waals surface area contributed by atoms with E-state index in [0.717, 1.165) is 37.7 Å².